The zero-order valence-corrected chi connectivity index (χ0v) is 12.6. The molecule has 0 unspecified atom stereocenters. The zero-order valence-electron chi connectivity index (χ0n) is 10.2. The third-order valence-corrected chi connectivity index (χ3v) is 3.97. The molecule has 1 aromatic heterocycles. The first-order valence-electron chi connectivity index (χ1n) is 5.44. The van der Waals surface area contributed by atoms with Gasteiger partial charge in [0.15, 0.2) is 0 Å². The van der Waals surface area contributed by atoms with E-state index in [1.807, 2.05) is 12.1 Å². The summed E-state index contributed by atoms with van der Waals surface area (Å²) in [6, 6.07) is 8.63. The highest BCUT2D eigenvalue weighted by atomic mass is 79.9. The number of esters is 1. The summed E-state index contributed by atoms with van der Waals surface area (Å²) in [5.74, 6) is 0.112. The Bertz CT molecular complexity index is 597. The number of carbonyl (C=O) groups is 1. The Morgan fingerprint density at radius 2 is 2.16 bits per heavy atom. The van der Waals surface area contributed by atoms with Gasteiger partial charge in [-0.3, -0.25) is 0 Å². The number of ether oxygens (including phenoxy) is 2. The van der Waals surface area contributed by atoms with Crippen LogP contribution >= 0.6 is 27.3 Å². The van der Waals surface area contributed by atoms with Crippen LogP contribution in [0, 0.1) is 0 Å². The number of thiophene rings is 1. The minimum absolute atomic E-state index is 0.242. The maximum absolute atomic E-state index is 11.9. The predicted octanol–water partition coefficient (Wildman–Crippen LogP) is 3.46. The Labute approximate surface area is 123 Å². The lowest BCUT2D eigenvalue weighted by atomic mass is 10.2. The predicted molar refractivity (Wildman–Crippen MR) is 78.5 cm³/mol. The normalized spacial score (nSPS) is 10.2. The third kappa shape index (κ3) is 3.71. The molecule has 1 heterocycles. The monoisotopic (exact) mass is 341 g/mol. The van der Waals surface area contributed by atoms with Crippen LogP contribution in [0.2, 0.25) is 0 Å². The van der Waals surface area contributed by atoms with E-state index in [2.05, 4.69) is 15.9 Å². The summed E-state index contributed by atoms with van der Waals surface area (Å²) in [6.45, 7) is 0.242. The van der Waals surface area contributed by atoms with E-state index in [1.165, 1.54) is 18.4 Å². The van der Waals surface area contributed by atoms with Crippen LogP contribution in [0.4, 0.5) is 5.69 Å². The van der Waals surface area contributed by atoms with Crippen molar-refractivity contribution in [1.82, 2.24) is 0 Å². The van der Waals surface area contributed by atoms with E-state index in [1.54, 1.807) is 18.2 Å². The van der Waals surface area contributed by atoms with Crippen molar-refractivity contribution in [1.29, 1.82) is 0 Å². The third-order valence-electron chi connectivity index (χ3n) is 2.37. The first-order valence-corrected chi connectivity index (χ1v) is 7.05. The van der Waals surface area contributed by atoms with Crippen molar-refractivity contribution in [2.75, 3.05) is 12.8 Å². The van der Waals surface area contributed by atoms with Crippen LogP contribution in [0.5, 0.6) is 5.75 Å². The lowest BCUT2D eigenvalue weighted by Crippen LogP contribution is -2.05. The van der Waals surface area contributed by atoms with Gasteiger partial charge in [0.05, 0.1) is 16.5 Å². The quantitative estimate of drug-likeness (QED) is 0.683. The van der Waals surface area contributed by atoms with Crippen molar-refractivity contribution in [3.05, 3.63) is 44.6 Å². The molecule has 2 rings (SSSR count). The topological polar surface area (TPSA) is 61.5 Å². The molecule has 0 fully saturated rings. The molecule has 19 heavy (non-hydrogen) atoms. The van der Waals surface area contributed by atoms with E-state index in [-0.39, 0.29) is 6.61 Å². The molecule has 4 nitrogen and oxygen atoms in total. The minimum Gasteiger partial charge on any atom is -0.497 e. The number of anilines is 1. The molecular weight excluding hydrogens is 330 g/mol. The molecule has 0 amide bonds. The average Bonchev–Trinajstić information content (AvgIpc) is 2.81. The first kappa shape index (κ1) is 13.9. The number of methoxy groups -OCH3 is 1. The molecule has 0 spiro atoms. The van der Waals surface area contributed by atoms with E-state index in [9.17, 15) is 4.79 Å². The summed E-state index contributed by atoms with van der Waals surface area (Å²) < 4.78 is 11.3. The van der Waals surface area contributed by atoms with Crippen molar-refractivity contribution in [3.63, 3.8) is 0 Å². The van der Waals surface area contributed by atoms with Gasteiger partial charge in [0.1, 0.15) is 12.4 Å². The van der Waals surface area contributed by atoms with E-state index >= 15 is 0 Å². The Kier molecular flexibility index (Phi) is 4.44. The summed E-state index contributed by atoms with van der Waals surface area (Å²) in [4.78, 5) is 12.9. The van der Waals surface area contributed by atoms with Gasteiger partial charge in [0.25, 0.3) is 0 Å². The molecule has 0 aliphatic carbocycles. The van der Waals surface area contributed by atoms with E-state index in [0.717, 1.165) is 8.66 Å². The molecule has 100 valence electrons. The second kappa shape index (κ2) is 6.08. The largest absolute Gasteiger partial charge is 0.497 e. The van der Waals surface area contributed by atoms with Gasteiger partial charge in [0, 0.05) is 16.6 Å². The maximum atomic E-state index is 11.9. The Hall–Kier alpha value is -1.53. The van der Waals surface area contributed by atoms with Gasteiger partial charge < -0.3 is 15.2 Å². The number of rotatable bonds is 4. The van der Waals surface area contributed by atoms with Crippen LogP contribution in [0.1, 0.15) is 15.2 Å². The molecule has 0 aliphatic heterocycles. The number of hydrogen-bond acceptors (Lipinski definition) is 5. The van der Waals surface area contributed by atoms with E-state index in [4.69, 9.17) is 15.2 Å². The summed E-state index contributed by atoms with van der Waals surface area (Å²) in [5, 5.41) is 0. The van der Waals surface area contributed by atoms with Crippen LogP contribution in [-0.4, -0.2) is 13.1 Å². The molecule has 0 atom stereocenters. The second-order valence-electron chi connectivity index (χ2n) is 3.78. The van der Waals surface area contributed by atoms with Gasteiger partial charge in [-0.2, -0.15) is 0 Å². The Morgan fingerprint density at radius 3 is 2.79 bits per heavy atom. The van der Waals surface area contributed by atoms with Gasteiger partial charge in [-0.15, -0.1) is 11.3 Å². The van der Waals surface area contributed by atoms with Gasteiger partial charge >= 0.3 is 5.97 Å². The number of hydrogen-bond donors (Lipinski definition) is 1. The van der Waals surface area contributed by atoms with Crippen molar-refractivity contribution < 1.29 is 14.3 Å². The standard InChI is InChI=1S/C13H12BrNO3S/c1-17-10-5-8(4-9(15)6-10)13(16)18-7-11-2-3-12(14)19-11/h2-6H,7,15H2,1H3. The van der Waals surface area contributed by atoms with Crippen LogP contribution in [0.3, 0.4) is 0 Å². The number of nitrogen functional groups attached to an aromatic ring is 1. The molecule has 0 saturated heterocycles. The zero-order chi connectivity index (χ0) is 13.8. The van der Waals surface area contributed by atoms with E-state index < -0.39 is 5.97 Å². The van der Waals surface area contributed by atoms with Crippen molar-refractivity contribution in [2.45, 2.75) is 6.61 Å². The fourth-order valence-corrected chi connectivity index (χ4v) is 2.90. The molecule has 0 saturated carbocycles. The number of nitrogens with two attached hydrogens (primary N) is 1. The van der Waals surface area contributed by atoms with Crippen LogP contribution in [0.25, 0.3) is 0 Å². The summed E-state index contributed by atoms with van der Waals surface area (Å²) in [5.41, 5.74) is 6.54. The SMILES string of the molecule is COc1cc(N)cc(C(=O)OCc2ccc(Br)s2)c1. The van der Waals surface area contributed by atoms with Gasteiger partial charge in [-0.05, 0) is 40.2 Å². The Morgan fingerprint density at radius 1 is 1.37 bits per heavy atom. The molecule has 0 radical (unpaired) electrons. The summed E-state index contributed by atoms with van der Waals surface area (Å²) in [6.07, 6.45) is 0. The molecule has 1 aromatic carbocycles. The number of halogens is 1. The lowest BCUT2D eigenvalue weighted by Gasteiger charge is -2.06. The fraction of sp³-hybridized carbons (Fsp3) is 0.154. The molecule has 6 heteroatoms. The highest BCUT2D eigenvalue weighted by Gasteiger charge is 2.10. The van der Waals surface area contributed by atoms with E-state index in [0.29, 0.717) is 17.0 Å². The van der Waals surface area contributed by atoms with Crippen LogP contribution < -0.4 is 10.5 Å². The summed E-state index contributed by atoms with van der Waals surface area (Å²) >= 11 is 4.88. The maximum Gasteiger partial charge on any atom is 0.338 e. The van der Waals surface area contributed by atoms with Crippen LogP contribution in [-0.2, 0) is 11.3 Å². The fourth-order valence-electron chi connectivity index (χ4n) is 1.51. The first-order chi connectivity index (χ1) is 9.08. The smallest absolute Gasteiger partial charge is 0.338 e. The van der Waals surface area contributed by atoms with Crippen LogP contribution in [0.15, 0.2) is 34.1 Å². The molecule has 2 aromatic rings. The summed E-state index contributed by atoms with van der Waals surface area (Å²) in [7, 11) is 1.52. The highest BCUT2D eigenvalue weighted by molar-refractivity contribution is 9.11. The average molecular weight is 342 g/mol. The van der Waals surface area contributed by atoms with Gasteiger partial charge in [-0.25, -0.2) is 4.79 Å². The molecular formula is C13H12BrNO3S. The number of carbonyl (C=O) groups excluding carboxylic acids is 1. The Balaban J connectivity index is 2.05. The second-order valence-corrected chi connectivity index (χ2v) is 6.32. The molecule has 2 N–H and O–H groups in total. The van der Waals surface area contributed by atoms with Gasteiger partial charge in [0.2, 0.25) is 0 Å². The van der Waals surface area contributed by atoms with Crippen molar-refractivity contribution in [2.24, 2.45) is 0 Å². The van der Waals surface area contributed by atoms with Gasteiger partial charge in [-0.1, -0.05) is 0 Å². The molecule has 0 bridgehead atoms. The minimum atomic E-state index is -0.421. The van der Waals surface area contributed by atoms with Crippen molar-refractivity contribution >= 4 is 38.9 Å². The van der Waals surface area contributed by atoms with Crippen molar-refractivity contribution in [3.8, 4) is 5.75 Å². The number of benzene rings is 1. The lowest BCUT2D eigenvalue weighted by molar-refractivity contribution is 0.0476. The molecule has 0 aliphatic rings. The highest BCUT2D eigenvalue weighted by Crippen LogP contribution is 2.23.